The van der Waals surface area contributed by atoms with Crippen molar-refractivity contribution in [2.75, 3.05) is 33.4 Å². The average Bonchev–Trinajstić information content (AvgIpc) is 3.29. The first-order chi connectivity index (χ1) is 15.8. The molecule has 11 heteroatoms. The van der Waals surface area contributed by atoms with Gasteiger partial charge in [0.2, 0.25) is 10.0 Å². The van der Waals surface area contributed by atoms with Gasteiger partial charge in [-0.2, -0.15) is 9.40 Å². The lowest BCUT2D eigenvalue weighted by molar-refractivity contribution is 0.0591. The van der Waals surface area contributed by atoms with Crippen molar-refractivity contribution in [1.29, 1.82) is 0 Å². The predicted octanol–water partition coefficient (Wildman–Crippen LogP) is 3.23. The first-order valence-electron chi connectivity index (χ1n) is 9.98. The van der Waals surface area contributed by atoms with Crippen LogP contribution in [0.3, 0.4) is 0 Å². The zero-order valence-corrected chi connectivity index (χ0v) is 20.0. The summed E-state index contributed by atoms with van der Waals surface area (Å²) in [5.74, 6) is -0.623. The number of aromatic nitrogens is 2. The minimum atomic E-state index is -3.71. The van der Waals surface area contributed by atoms with Gasteiger partial charge in [-0.3, -0.25) is 0 Å². The number of carbonyl (C=O) groups excluding carboxylic acids is 1. The molecule has 0 spiro atoms. The van der Waals surface area contributed by atoms with Gasteiger partial charge in [0, 0.05) is 29.2 Å². The fourth-order valence-corrected chi connectivity index (χ4v) is 5.24. The summed E-state index contributed by atoms with van der Waals surface area (Å²) < 4.78 is 38.9. The monoisotopic (exact) mass is 505 g/mol. The molecule has 4 rings (SSSR count). The van der Waals surface area contributed by atoms with Crippen molar-refractivity contribution in [2.45, 2.75) is 4.90 Å². The standard InChI is InChI=1S/C22H20ClN3O5S2/c1-30-22(27)20-14-19(15-5-7-17(23)8-6-15)24-26(20)21(32)16-3-2-4-18(13-16)33(28,29)25-9-11-31-12-10-25/h2-8,13-14H,9-12H2,1H3. The van der Waals surface area contributed by atoms with Gasteiger partial charge in [0.25, 0.3) is 0 Å². The average molecular weight is 506 g/mol. The van der Waals surface area contributed by atoms with Crippen LogP contribution >= 0.6 is 23.8 Å². The normalized spacial score (nSPS) is 14.7. The highest BCUT2D eigenvalue weighted by Gasteiger charge is 2.27. The number of methoxy groups -OCH3 is 1. The van der Waals surface area contributed by atoms with Gasteiger partial charge in [0.05, 0.1) is 30.9 Å². The predicted molar refractivity (Wildman–Crippen MR) is 127 cm³/mol. The van der Waals surface area contributed by atoms with Gasteiger partial charge in [-0.15, -0.1) is 0 Å². The van der Waals surface area contributed by atoms with E-state index in [0.29, 0.717) is 29.5 Å². The summed E-state index contributed by atoms with van der Waals surface area (Å²) in [5.41, 5.74) is 1.77. The van der Waals surface area contributed by atoms with E-state index >= 15 is 0 Å². The van der Waals surface area contributed by atoms with E-state index in [9.17, 15) is 13.2 Å². The highest BCUT2D eigenvalue weighted by Crippen LogP contribution is 2.24. The third kappa shape index (κ3) is 4.85. The number of benzene rings is 2. The third-order valence-corrected chi connectivity index (χ3v) is 7.68. The summed E-state index contributed by atoms with van der Waals surface area (Å²) in [4.78, 5) is 12.7. The Balaban J connectivity index is 1.72. The fraction of sp³-hybridized carbons (Fsp3) is 0.227. The van der Waals surface area contributed by atoms with Crippen LogP contribution in [0.15, 0.2) is 59.5 Å². The molecule has 2 aromatic carbocycles. The van der Waals surface area contributed by atoms with Gasteiger partial charge in [-0.05, 0) is 30.3 Å². The fourth-order valence-electron chi connectivity index (χ4n) is 3.40. The van der Waals surface area contributed by atoms with Crippen LogP contribution in [0.1, 0.15) is 16.1 Å². The summed E-state index contributed by atoms with van der Waals surface area (Å²) in [7, 11) is -2.45. The molecule has 8 nitrogen and oxygen atoms in total. The maximum Gasteiger partial charge on any atom is 0.356 e. The van der Waals surface area contributed by atoms with Gasteiger partial charge in [-0.1, -0.05) is 48.1 Å². The molecule has 0 saturated carbocycles. The second-order valence-corrected chi connectivity index (χ2v) is 9.94. The lowest BCUT2D eigenvalue weighted by atomic mass is 10.1. The Morgan fingerprint density at radius 1 is 1.12 bits per heavy atom. The van der Waals surface area contributed by atoms with E-state index in [1.165, 1.54) is 28.2 Å². The lowest BCUT2D eigenvalue weighted by Crippen LogP contribution is -2.40. The van der Waals surface area contributed by atoms with Crippen molar-refractivity contribution >= 4 is 44.8 Å². The minimum absolute atomic E-state index is 0.106. The Bertz CT molecular complexity index is 1300. The van der Waals surface area contributed by atoms with Crippen molar-refractivity contribution in [3.63, 3.8) is 0 Å². The molecule has 1 aliphatic rings. The molecule has 1 aliphatic heterocycles. The van der Waals surface area contributed by atoms with Crippen molar-refractivity contribution in [3.8, 4) is 11.3 Å². The van der Waals surface area contributed by atoms with E-state index in [-0.39, 0.29) is 28.7 Å². The van der Waals surface area contributed by atoms with Crippen LogP contribution in [-0.4, -0.2) is 66.9 Å². The number of hydrogen-bond donors (Lipinski definition) is 0. The summed E-state index contributed by atoms with van der Waals surface area (Å²) in [6, 6.07) is 14.8. The van der Waals surface area contributed by atoms with Crippen LogP contribution in [0.25, 0.3) is 11.3 Å². The van der Waals surface area contributed by atoms with E-state index in [1.54, 1.807) is 42.5 Å². The van der Waals surface area contributed by atoms with Gasteiger partial charge in [-0.25, -0.2) is 17.9 Å². The number of hydrogen-bond acceptors (Lipinski definition) is 7. The number of sulfonamides is 1. The van der Waals surface area contributed by atoms with Crippen LogP contribution in [-0.2, 0) is 19.5 Å². The molecule has 2 heterocycles. The lowest BCUT2D eigenvalue weighted by Gasteiger charge is -2.26. The van der Waals surface area contributed by atoms with Crippen molar-refractivity contribution in [2.24, 2.45) is 0 Å². The van der Waals surface area contributed by atoms with Crippen molar-refractivity contribution in [3.05, 3.63) is 70.9 Å². The van der Waals surface area contributed by atoms with Crippen LogP contribution in [0, 0.1) is 0 Å². The van der Waals surface area contributed by atoms with Gasteiger partial charge < -0.3 is 9.47 Å². The third-order valence-electron chi connectivity index (χ3n) is 5.13. The molecule has 3 aromatic rings. The first kappa shape index (κ1) is 23.5. The zero-order valence-electron chi connectivity index (χ0n) is 17.6. The summed E-state index contributed by atoms with van der Waals surface area (Å²) in [6.45, 7) is 1.27. The van der Waals surface area contributed by atoms with Crippen LogP contribution in [0.2, 0.25) is 5.02 Å². The molecular weight excluding hydrogens is 486 g/mol. The smallest absolute Gasteiger partial charge is 0.356 e. The number of nitrogens with zero attached hydrogens (tertiary/aromatic N) is 3. The molecule has 0 unspecified atom stereocenters. The van der Waals surface area contributed by atoms with Crippen LogP contribution < -0.4 is 0 Å². The topological polar surface area (TPSA) is 90.7 Å². The Hall–Kier alpha value is -2.63. The minimum Gasteiger partial charge on any atom is -0.464 e. The molecule has 1 saturated heterocycles. The molecule has 0 bridgehead atoms. The van der Waals surface area contributed by atoms with Crippen molar-refractivity contribution in [1.82, 2.24) is 14.1 Å². The molecule has 33 heavy (non-hydrogen) atoms. The summed E-state index contributed by atoms with van der Waals surface area (Å²) in [5, 5.41) is 5.06. The molecule has 0 N–H and O–H groups in total. The molecule has 172 valence electrons. The van der Waals surface area contributed by atoms with Crippen molar-refractivity contribution < 1.29 is 22.7 Å². The Morgan fingerprint density at radius 2 is 1.82 bits per heavy atom. The summed E-state index contributed by atoms with van der Waals surface area (Å²) >= 11 is 11.6. The maximum absolute atomic E-state index is 13.1. The van der Waals surface area contributed by atoms with Crippen LogP contribution in [0.5, 0.6) is 0 Å². The molecule has 0 aliphatic carbocycles. The number of halogens is 1. The number of carbonyl (C=O) groups is 1. The van der Waals surface area contributed by atoms with E-state index in [2.05, 4.69) is 5.10 Å². The second-order valence-electron chi connectivity index (χ2n) is 7.17. The molecule has 0 atom stereocenters. The Morgan fingerprint density at radius 3 is 2.48 bits per heavy atom. The van der Waals surface area contributed by atoms with Crippen LogP contribution in [0.4, 0.5) is 0 Å². The number of esters is 1. The molecule has 1 fully saturated rings. The quantitative estimate of drug-likeness (QED) is 0.388. The van der Waals surface area contributed by atoms with E-state index < -0.39 is 16.0 Å². The van der Waals surface area contributed by atoms with Gasteiger partial charge in [0.15, 0.2) is 5.69 Å². The van der Waals surface area contributed by atoms with Gasteiger partial charge in [0.1, 0.15) is 4.99 Å². The zero-order chi connectivity index (χ0) is 23.6. The number of morpholine rings is 1. The van der Waals surface area contributed by atoms with E-state index in [1.807, 2.05) is 0 Å². The van der Waals surface area contributed by atoms with E-state index in [0.717, 1.165) is 5.56 Å². The number of rotatable bonds is 5. The number of ether oxygens (including phenoxy) is 2. The number of thiocarbonyl (C=S) groups is 1. The van der Waals surface area contributed by atoms with Gasteiger partial charge >= 0.3 is 5.97 Å². The molecule has 0 amide bonds. The molecule has 1 aromatic heterocycles. The Kier molecular flexibility index (Phi) is 6.91. The maximum atomic E-state index is 13.1. The first-order valence-corrected chi connectivity index (χ1v) is 12.2. The summed E-state index contributed by atoms with van der Waals surface area (Å²) in [6.07, 6.45) is 0. The SMILES string of the molecule is COC(=O)c1cc(-c2ccc(Cl)cc2)nn1C(=S)c1cccc(S(=O)(=O)N2CCOCC2)c1. The van der Waals surface area contributed by atoms with E-state index in [4.69, 9.17) is 33.3 Å². The highest BCUT2D eigenvalue weighted by molar-refractivity contribution is 7.89. The second kappa shape index (κ2) is 9.70. The Labute approximate surface area is 201 Å². The highest BCUT2D eigenvalue weighted by atomic mass is 35.5. The largest absolute Gasteiger partial charge is 0.464 e. The molecule has 0 radical (unpaired) electrons. The molecular formula is C22H20ClN3O5S2.